The Kier molecular flexibility index (Phi) is 11.7. The summed E-state index contributed by atoms with van der Waals surface area (Å²) in [5.74, 6) is -3.12. The van der Waals surface area contributed by atoms with Crippen LogP contribution in [0.4, 0.5) is 4.79 Å². The lowest BCUT2D eigenvalue weighted by Gasteiger charge is -2.36. The zero-order valence-corrected chi connectivity index (χ0v) is 22.6. The number of amides is 4. The summed E-state index contributed by atoms with van der Waals surface area (Å²) in [5.41, 5.74) is 8.24. The van der Waals surface area contributed by atoms with Gasteiger partial charge in [-0.05, 0) is 37.8 Å². The maximum absolute atomic E-state index is 13.8. The number of aliphatic carboxylic acids is 1. The molecule has 0 aromatic heterocycles. The first-order chi connectivity index (χ1) is 18.8. The molecule has 1 aromatic carbocycles. The lowest BCUT2D eigenvalue weighted by Crippen LogP contribution is -2.61. The first-order valence-electron chi connectivity index (χ1n) is 13.7. The van der Waals surface area contributed by atoms with Crippen LogP contribution in [-0.4, -0.2) is 96.6 Å². The molecule has 2 aliphatic rings. The van der Waals surface area contributed by atoms with Gasteiger partial charge in [0.1, 0.15) is 12.1 Å². The van der Waals surface area contributed by atoms with E-state index in [9.17, 15) is 24.3 Å². The summed E-state index contributed by atoms with van der Waals surface area (Å²) in [5, 5.41) is 21.5. The highest BCUT2D eigenvalue weighted by Gasteiger charge is 2.40. The summed E-state index contributed by atoms with van der Waals surface area (Å²) < 4.78 is 0. The molecule has 1 unspecified atom stereocenters. The quantitative estimate of drug-likeness (QED) is 0.266. The molecule has 12 nitrogen and oxygen atoms in total. The molecule has 0 aliphatic carbocycles. The van der Waals surface area contributed by atoms with Crippen molar-refractivity contribution in [1.82, 2.24) is 25.8 Å². The minimum atomic E-state index is -1.30. The Bertz CT molecular complexity index is 978. The van der Waals surface area contributed by atoms with Crippen molar-refractivity contribution in [2.45, 2.75) is 63.1 Å². The standard InChI is InChI=1S/C27H41N7O5/c1-33(20-12-9-13-29-17-20)24(35)21(18-30-28)23(25(36)34-14-7-2-3-8-15-34)32-27(39)31-22(26(37)38)16-19-10-5-4-6-11-19/h4-6,10-11,20-23,28-29H,2-3,7-9,12-18H2,1H3,(H,37,38)(H2,31,32,39)/t20-,21+,22+,23?/m0/s1. The molecule has 214 valence electrons. The molecule has 4 atom stereocenters. The van der Waals surface area contributed by atoms with Crippen LogP contribution in [-0.2, 0) is 20.8 Å². The van der Waals surface area contributed by atoms with Crippen LogP contribution < -0.4 is 16.0 Å². The minimum absolute atomic E-state index is 0.0517. The predicted molar refractivity (Wildman–Crippen MR) is 144 cm³/mol. The second kappa shape index (κ2) is 15.2. The molecule has 12 heteroatoms. The molecule has 2 fully saturated rings. The first-order valence-corrected chi connectivity index (χ1v) is 13.7. The zero-order valence-electron chi connectivity index (χ0n) is 22.6. The predicted octanol–water partition coefficient (Wildman–Crippen LogP) is 1.61. The van der Waals surface area contributed by atoms with Crippen LogP contribution in [0.1, 0.15) is 44.1 Å². The summed E-state index contributed by atoms with van der Waals surface area (Å²) in [7, 11) is 1.67. The number of nitrogens with one attached hydrogen (secondary N) is 4. The van der Waals surface area contributed by atoms with Crippen molar-refractivity contribution >= 4 is 23.8 Å². The van der Waals surface area contributed by atoms with E-state index in [-0.39, 0.29) is 24.9 Å². The van der Waals surface area contributed by atoms with Gasteiger partial charge in [-0.2, -0.15) is 5.11 Å². The molecule has 1 aromatic rings. The Hall–Kier alpha value is -3.54. The second-order valence-electron chi connectivity index (χ2n) is 10.3. The number of carboxylic acids is 1. The number of carbonyl (C=O) groups is 4. The Morgan fingerprint density at radius 2 is 1.79 bits per heavy atom. The van der Waals surface area contributed by atoms with E-state index in [2.05, 4.69) is 21.1 Å². The molecule has 0 bridgehead atoms. The zero-order chi connectivity index (χ0) is 28.2. The van der Waals surface area contributed by atoms with E-state index in [0.29, 0.717) is 19.6 Å². The summed E-state index contributed by atoms with van der Waals surface area (Å²) in [6, 6.07) is 5.42. The number of carboxylic acid groups (broad SMARTS) is 1. The Morgan fingerprint density at radius 3 is 2.38 bits per heavy atom. The highest BCUT2D eigenvalue weighted by molar-refractivity contribution is 5.94. The van der Waals surface area contributed by atoms with Gasteiger partial charge in [0.25, 0.3) is 0 Å². The fourth-order valence-electron chi connectivity index (χ4n) is 5.24. The lowest BCUT2D eigenvalue weighted by molar-refractivity contribution is -0.144. The van der Waals surface area contributed by atoms with Gasteiger partial charge in [-0.15, -0.1) is 0 Å². The van der Waals surface area contributed by atoms with E-state index < -0.39 is 35.9 Å². The third-order valence-electron chi connectivity index (χ3n) is 7.53. The minimum Gasteiger partial charge on any atom is -0.480 e. The van der Waals surface area contributed by atoms with Gasteiger partial charge in [-0.1, -0.05) is 43.2 Å². The van der Waals surface area contributed by atoms with Crippen LogP contribution in [0.3, 0.4) is 0 Å². The second-order valence-corrected chi connectivity index (χ2v) is 10.3. The van der Waals surface area contributed by atoms with Crippen molar-refractivity contribution in [2.75, 3.05) is 39.8 Å². The highest BCUT2D eigenvalue weighted by Crippen LogP contribution is 2.19. The van der Waals surface area contributed by atoms with Gasteiger partial charge in [0.15, 0.2) is 0 Å². The number of likely N-dealkylation sites (N-methyl/N-ethyl adjacent to an activating group) is 1. The number of likely N-dealkylation sites (tertiary alicyclic amines) is 1. The number of nitrogens with zero attached hydrogens (tertiary/aromatic N) is 3. The van der Waals surface area contributed by atoms with Gasteiger partial charge < -0.3 is 30.9 Å². The molecule has 0 radical (unpaired) electrons. The normalized spacial score (nSPS) is 20.0. The van der Waals surface area contributed by atoms with Crippen molar-refractivity contribution in [3.63, 3.8) is 0 Å². The van der Waals surface area contributed by atoms with Crippen molar-refractivity contribution in [3.8, 4) is 0 Å². The molecule has 5 N–H and O–H groups in total. The largest absolute Gasteiger partial charge is 0.480 e. The van der Waals surface area contributed by atoms with Crippen LogP contribution in [0.5, 0.6) is 0 Å². The SMILES string of the molecule is CN(C(=O)[C@H](CN=N)C(NC(=O)N[C@H](Cc1ccccc1)C(=O)O)C(=O)N1CCCCCC1)[C@H]1CCCNC1. The summed E-state index contributed by atoms with van der Waals surface area (Å²) >= 11 is 0. The van der Waals surface area contributed by atoms with E-state index >= 15 is 0 Å². The van der Waals surface area contributed by atoms with E-state index in [1.165, 1.54) is 0 Å². The summed E-state index contributed by atoms with van der Waals surface area (Å²) in [4.78, 5) is 55.8. The number of hydrogen-bond acceptors (Lipinski definition) is 7. The van der Waals surface area contributed by atoms with Crippen LogP contribution in [0.2, 0.25) is 0 Å². The third kappa shape index (κ3) is 8.74. The number of benzene rings is 1. The topological polar surface area (TPSA) is 167 Å². The number of piperidine rings is 1. The molecule has 0 spiro atoms. The van der Waals surface area contributed by atoms with Crippen molar-refractivity contribution < 1.29 is 24.3 Å². The third-order valence-corrected chi connectivity index (χ3v) is 7.53. The van der Waals surface area contributed by atoms with E-state index in [4.69, 9.17) is 5.53 Å². The van der Waals surface area contributed by atoms with Gasteiger partial charge in [0.2, 0.25) is 11.8 Å². The van der Waals surface area contributed by atoms with Crippen molar-refractivity contribution in [2.24, 2.45) is 11.0 Å². The molecule has 2 saturated heterocycles. The van der Waals surface area contributed by atoms with E-state index in [0.717, 1.165) is 50.6 Å². The van der Waals surface area contributed by atoms with Gasteiger partial charge >= 0.3 is 12.0 Å². The highest BCUT2D eigenvalue weighted by atomic mass is 16.4. The van der Waals surface area contributed by atoms with Gasteiger partial charge in [0, 0.05) is 39.1 Å². The van der Waals surface area contributed by atoms with Gasteiger partial charge in [0.05, 0.1) is 12.5 Å². The number of carbonyl (C=O) groups excluding carboxylic acids is 3. The molecular weight excluding hydrogens is 502 g/mol. The Morgan fingerprint density at radius 1 is 1.10 bits per heavy atom. The molecule has 3 rings (SSSR count). The Labute approximate surface area is 229 Å². The number of rotatable bonds is 11. The van der Waals surface area contributed by atoms with Gasteiger partial charge in [-0.3, -0.25) is 9.59 Å². The number of urea groups is 1. The smallest absolute Gasteiger partial charge is 0.326 e. The molecular formula is C27H41N7O5. The van der Waals surface area contributed by atoms with Crippen LogP contribution in [0, 0.1) is 11.4 Å². The van der Waals surface area contributed by atoms with E-state index in [1.807, 2.05) is 6.07 Å². The van der Waals surface area contributed by atoms with Crippen LogP contribution in [0.15, 0.2) is 35.4 Å². The monoisotopic (exact) mass is 543 g/mol. The fourth-order valence-corrected chi connectivity index (χ4v) is 5.24. The van der Waals surface area contributed by atoms with Gasteiger partial charge in [-0.25, -0.2) is 15.1 Å². The first kappa shape index (κ1) is 30.0. The molecule has 0 saturated carbocycles. The molecule has 4 amide bonds. The average Bonchev–Trinajstić information content (AvgIpc) is 3.24. The van der Waals surface area contributed by atoms with Crippen LogP contribution >= 0.6 is 0 Å². The van der Waals surface area contributed by atoms with Crippen LogP contribution in [0.25, 0.3) is 0 Å². The van der Waals surface area contributed by atoms with Crippen molar-refractivity contribution in [3.05, 3.63) is 35.9 Å². The maximum atomic E-state index is 13.8. The molecule has 39 heavy (non-hydrogen) atoms. The summed E-state index contributed by atoms with van der Waals surface area (Å²) in [6.45, 7) is 2.22. The molecule has 2 heterocycles. The molecule has 2 aliphatic heterocycles. The van der Waals surface area contributed by atoms with E-state index in [1.54, 1.807) is 41.1 Å². The lowest BCUT2D eigenvalue weighted by atomic mass is 9.94. The summed E-state index contributed by atoms with van der Waals surface area (Å²) in [6.07, 6.45) is 5.38. The fraction of sp³-hybridized carbons (Fsp3) is 0.630. The number of hydrogen-bond donors (Lipinski definition) is 5. The Balaban J connectivity index is 1.83. The maximum Gasteiger partial charge on any atom is 0.326 e. The van der Waals surface area contributed by atoms with Crippen molar-refractivity contribution in [1.29, 1.82) is 5.53 Å². The average molecular weight is 544 g/mol.